The number of fused-ring (bicyclic) bond motifs is 2. The monoisotopic (exact) mass is 341 g/mol. The molecule has 4 heteroatoms. The molecule has 4 rings (SSSR count). The SMILES string of the molecule is CC1CCN(C(=O)C2C3CCC(C3)C2N)CCN1Cc1ccccc1. The average Bonchev–Trinajstić information content (AvgIpc) is 3.16. The molecule has 1 aromatic carbocycles. The molecule has 2 aliphatic carbocycles. The van der Waals surface area contributed by atoms with Crippen LogP contribution in [-0.4, -0.2) is 47.4 Å². The lowest BCUT2D eigenvalue weighted by Crippen LogP contribution is -2.48. The molecule has 136 valence electrons. The molecule has 25 heavy (non-hydrogen) atoms. The van der Waals surface area contributed by atoms with Gasteiger partial charge in [0.1, 0.15) is 0 Å². The molecule has 0 radical (unpaired) electrons. The first-order valence-corrected chi connectivity index (χ1v) is 9.96. The van der Waals surface area contributed by atoms with E-state index in [0.29, 0.717) is 23.8 Å². The van der Waals surface area contributed by atoms with Crippen molar-refractivity contribution in [2.45, 2.75) is 51.2 Å². The van der Waals surface area contributed by atoms with E-state index in [-0.39, 0.29) is 12.0 Å². The molecule has 3 fully saturated rings. The third kappa shape index (κ3) is 3.34. The van der Waals surface area contributed by atoms with Crippen molar-refractivity contribution in [3.05, 3.63) is 35.9 Å². The Morgan fingerprint density at radius 2 is 1.84 bits per heavy atom. The van der Waals surface area contributed by atoms with Gasteiger partial charge in [0.25, 0.3) is 0 Å². The van der Waals surface area contributed by atoms with Gasteiger partial charge in [0, 0.05) is 38.3 Å². The largest absolute Gasteiger partial charge is 0.341 e. The first-order chi connectivity index (χ1) is 12.1. The van der Waals surface area contributed by atoms with Gasteiger partial charge in [-0.3, -0.25) is 9.69 Å². The molecule has 5 atom stereocenters. The Hall–Kier alpha value is -1.39. The summed E-state index contributed by atoms with van der Waals surface area (Å²) in [6.07, 6.45) is 4.67. The first kappa shape index (κ1) is 17.0. The minimum absolute atomic E-state index is 0.0923. The number of nitrogens with two attached hydrogens (primary N) is 1. The van der Waals surface area contributed by atoms with Crippen LogP contribution in [0.1, 0.15) is 38.2 Å². The molecule has 1 saturated heterocycles. The smallest absolute Gasteiger partial charge is 0.227 e. The Labute approximate surface area is 151 Å². The van der Waals surface area contributed by atoms with Gasteiger partial charge < -0.3 is 10.6 Å². The van der Waals surface area contributed by atoms with Gasteiger partial charge in [0.15, 0.2) is 0 Å². The van der Waals surface area contributed by atoms with Crippen molar-refractivity contribution in [2.24, 2.45) is 23.5 Å². The van der Waals surface area contributed by atoms with Crippen molar-refractivity contribution < 1.29 is 4.79 Å². The van der Waals surface area contributed by atoms with E-state index in [2.05, 4.69) is 47.1 Å². The average molecular weight is 341 g/mol. The molecular weight excluding hydrogens is 310 g/mol. The minimum Gasteiger partial charge on any atom is -0.341 e. The van der Waals surface area contributed by atoms with Crippen LogP contribution in [0.25, 0.3) is 0 Å². The summed E-state index contributed by atoms with van der Waals surface area (Å²) >= 11 is 0. The molecule has 1 aliphatic heterocycles. The Morgan fingerprint density at radius 1 is 1.08 bits per heavy atom. The number of nitrogens with zero attached hydrogens (tertiary/aromatic N) is 2. The highest BCUT2D eigenvalue weighted by Gasteiger charge is 2.50. The van der Waals surface area contributed by atoms with Crippen LogP contribution in [0.15, 0.2) is 30.3 Å². The van der Waals surface area contributed by atoms with E-state index in [9.17, 15) is 4.79 Å². The number of hydrogen-bond acceptors (Lipinski definition) is 3. The summed E-state index contributed by atoms with van der Waals surface area (Å²) in [6.45, 7) is 5.94. The van der Waals surface area contributed by atoms with Crippen LogP contribution in [-0.2, 0) is 11.3 Å². The highest BCUT2D eigenvalue weighted by atomic mass is 16.2. The molecule has 0 aromatic heterocycles. The quantitative estimate of drug-likeness (QED) is 0.919. The van der Waals surface area contributed by atoms with Gasteiger partial charge in [-0.1, -0.05) is 30.3 Å². The number of carbonyl (C=O) groups is 1. The molecule has 5 unspecified atom stereocenters. The molecule has 2 bridgehead atoms. The summed E-state index contributed by atoms with van der Waals surface area (Å²) < 4.78 is 0. The fourth-order valence-electron chi connectivity index (χ4n) is 5.29. The summed E-state index contributed by atoms with van der Waals surface area (Å²) in [6, 6.07) is 11.3. The summed E-state index contributed by atoms with van der Waals surface area (Å²) in [5.41, 5.74) is 7.76. The van der Waals surface area contributed by atoms with Gasteiger partial charge in [-0.25, -0.2) is 0 Å². The number of rotatable bonds is 3. The molecule has 2 saturated carbocycles. The first-order valence-electron chi connectivity index (χ1n) is 9.96. The summed E-state index contributed by atoms with van der Waals surface area (Å²) in [7, 11) is 0. The molecular formula is C21H31N3O. The van der Waals surface area contributed by atoms with Crippen molar-refractivity contribution in [1.29, 1.82) is 0 Å². The summed E-state index contributed by atoms with van der Waals surface area (Å²) in [5, 5.41) is 0. The highest BCUT2D eigenvalue weighted by molar-refractivity contribution is 5.80. The van der Waals surface area contributed by atoms with Crippen LogP contribution in [0.5, 0.6) is 0 Å². The van der Waals surface area contributed by atoms with Crippen LogP contribution in [0.3, 0.4) is 0 Å². The Kier molecular flexibility index (Phi) is 4.83. The van der Waals surface area contributed by atoms with Gasteiger partial charge in [-0.05, 0) is 50.0 Å². The molecule has 1 amide bonds. The number of hydrogen-bond donors (Lipinski definition) is 1. The van der Waals surface area contributed by atoms with Crippen molar-refractivity contribution in [2.75, 3.05) is 19.6 Å². The topological polar surface area (TPSA) is 49.6 Å². The summed E-state index contributed by atoms with van der Waals surface area (Å²) in [4.78, 5) is 17.8. The third-order valence-corrected chi connectivity index (χ3v) is 6.90. The second-order valence-corrected chi connectivity index (χ2v) is 8.36. The van der Waals surface area contributed by atoms with Crippen molar-refractivity contribution >= 4 is 5.91 Å². The van der Waals surface area contributed by atoms with E-state index >= 15 is 0 Å². The van der Waals surface area contributed by atoms with Crippen molar-refractivity contribution in [1.82, 2.24) is 9.80 Å². The molecule has 2 N–H and O–H groups in total. The van der Waals surface area contributed by atoms with Crippen LogP contribution in [0, 0.1) is 17.8 Å². The number of amides is 1. The van der Waals surface area contributed by atoms with E-state index in [1.54, 1.807) is 0 Å². The van der Waals surface area contributed by atoms with Gasteiger partial charge in [-0.2, -0.15) is 0 Å². The van der Waals surface area contributed by atoms with Crippen LogP contribution < -0.4 is 5.73 Å². The zero-order valence-corrected chi connectivity index (χ0v) is 15.3. The minimum atomic E-state index is 0.0923. The van der Waals surface area contributed by atoms with Crippen LogP contribution in [0.2, 0.25) is 0 Å². The van der Waals surface area contributed by atoms with Crippen LogP contribution in [0.4, 0.5) is 0 Å². The Bertz CT molecular complexity index is 602. The normalized spacial score (nSPS) is 35.8. The zero-order valence-electron chi connectivity index (χ0n) is 15.3. The second-order valence-electron chi connectivity index (χ2n) is 8.36. The van der Waals surface area contributed by atoms with Gasteiger partial charge in [0.05, 0.1) is 5.92 Å². The van der Waals surface area contributed by atoms with E-state index in [4.69, 9.17) is 5.73 Å². The van der Waals surface area contributed by atoms with E-state index in [1.807, 2.05) is 0 Å². The Balaban J connectivity index is 1.39. The molecule has 3 aliphatic rings. The molecule has 4 nitrogen and oxygen atoms in total. The lowest BCUT2D eigenvalue weighted by atomic mass is 9.84. The maximum atomic E-state index is 13.2. The highest BCUT2D eigenvalue weighted by Crippen LogP contribution is 2.48. The fourth-order valence-corrected chi connectivity index (χ4v) is 5.29. The molecule has 1 heterocycles. The predicted molar refractivity (Wildman–Crippen MR) is 99.8 cm³/mol. The lowest BCUT2D eigenvalue weighted by Gasteiger charge is -2.32. The third-order valence-electron chi connectivity index (χ3n) is 6.90. The standard InChI is InChI=1S/C21H31N3O/c1-15-9-10-23(11-12-24(15)14-16-5-3-2-4-6-16)21(25)19-17-7-8-18(13-17)20(19)22/h2-6,15,17-20H,7-14,22H2,1H3. The van der Waals surface area contributed by atoms with E-state index < -0.39 is 0 Å². The zero-order chi connectivity index (χ0) is 17.4. The van der Waals surface area contributed by atoms with Crippen molar-refractivity contribution in [3.8, 4) is 0 Å². The van der Waals surface area contributed by atoms with Gasteiger partial charge >= 0.3 is 0 Å². The molecule has 1 aromatic rings. The van der Waals surface area contributed by atoms with E-state index in [0.717, 1.165) is 32.6 Å². The molecule has 0 spiro atoms. The second kappa shape index (κ2) is 7.08. The fraction of sp³-hybridized carbons (Fsp3) is 0.667. The number of carbonyl (C=O) groups excluding carboxylic acids is 1. The Morgan fingerprint density at radius 3 is 2.56 bits per heavy atom. The maximum absolute atomic E-state index is 13.2. The van der Waals surface area contributed by atoms with Gasteiger partial charge in [0.2, 0.25) is 5.91 Å². The number of benzene rings is 1. The van der Waals surface area contributed by atoms with E-state index in [1.165, 1.54) is 24.8 Å². The van der Waals surface area contributed by atoms with Crippen LogP contribution >= 0.6 is 0 Å². The summed E-state index contributed by atoms with van der Waals surface area (Å²) in [5.74, 6) is 1.58. The maximum Gasteiger partial charge on any atom is 0.227 e. The lowest BCUT2D eigenvalue weighted by molar-refractivity contribution is -0.137. The van der Waals surface area contributed by atoms with Gasteiger partial charge in [-0.15, -0.1) is 0 Å². The van der Waals surface area contributed by atoms with Crippen molar-refractivity contribution in [3.63, 3.8) is 0 Å². The predicted octanol–water partition coefficient (Wildman–Crippen LogP) is 2.48.